The summed E-state index contributed by atoms with van der Waals surface area (Å²) in [5.74, 6) is -0.130. The van der Waals surface area contributed by atoms with Crippen molar-refractivity contribution in [3.05, 3.63) is 86.2 Å². The summed E-state index contributed by atoms with van der Waals surface area (Å²) in [6.07, 6.45) is 0.629. The van der Waals surface area contributed by atoms with E-state index < -0.39 is 0 Å². The first-order valence-corrected chi connectivity index (χ1v) is 8.70. The molecule has 0 bridgehead atoms. The van der Waals surface area contributed by atoms with E-state index in [1.54, 1.807) is 22.9 Å². The van der Waals surface area contributed by atoms with E-state index in [4.69, 9.17) is 23.2 Å². The number of aromatic nitrogens is 2. The molecule has 3 nitrogen and oxygen atoms in total. The van der Waals surface area contributed by atoms with Crippen molar-refractivity contribution in [3.63, 3.8) is 0 Å². The number of halogens is 2. The second-order valence-electron chi connectivity index (χ2n) is 6.15. The van der Waals surface area contributed by atoms with Crippen molar-refractivity contribution in [3.8, 4) is 0 Å². The molecule has 0 N–H and O–H groups in total. The van der Waals surface area contributed by atoms with E-state index in [1.807, 2.05) is 14.0 Å². The van der Waals surface area contributed by atoms with Gasteiger partial charge in [0.2, 0.25) is 0 Å². The van der Waals surface area contributed by atoms with Gasteiger partial charge in [-0.15, -0.1) is 0 Å². The third-order valence-corrected chi connectivity index (χ3v) is 4.78. The molecule has 0 spiro atoms. The molecule has 0 saturated heterocycles. The van der Waals surface area contributed by atoms with Crippen LogP contribution >= 0.6 is 23.2 Å². The molecule has 128 valence electrons. The van der Waals surface area contributed by atoms with Gasteiger partial charge in [-0.1, -0.05) is 53.0 Å². The van der Waals surface area contributed by atoms with E-state index in [2.05, 4.69) is 36.3 Å². The maximum atomic E-state index is 13.1. The van der Waals surface area contributed by atoms with Crippen LogP contribution in [0.2, 0.25) is 10.0 Å². The zero-order valence-electron chi connectivity index (χ0n) is 14.3. The van der Waals surface area contributed by atoms with Crippen molar-refractivity contribution in [1.82, 2.24) is 9.78 Å². The van der Waals surface area contributed by atoms with Crippen molar-refractivity contribution in [2.45, 2.75) is 20.3 Å². The Labute approximate surface area is 157 Å². The summed E-state index contributed by atoms with van der Waals surface area (Å²) >= 11 is 12.2. The summed E-state index contributed by atoms with van der Waals surface area (Å²) in [6.45, 7) is 3.89. The van der Waals surface area contributed by atoms with Crippen LogP contribution in [-0.4, -0.2) is 15.6 Å². The van der Waals surface area contributed by atoms with Gasteiger partial charge in [-0.05, 0) is 37.6 Å². The lowest BCUT2D eigenvalue weighted by atomic mass is 9.97. The molecule has 0 radical (unpaired) electrons. The molecule has 0 aliphatic carbocycles. The lowest BCUT2D eigenvalue weighted by Gasteiger charge is -2.08. The van der Waals surface area contributed by atoms with Crippen LogP contribution in [0.5, 0.6) is 0 Å². The van der Waals surface area contributed by atoms with Crippen molar-refractivity contribution in [1.29, 1.82) is 0 Å². The van der Waals surface area contributed by atoms with Gasteiger partial charge >= 0.3 is 0 Å². The summed E-state index contributed by atoms with van der Waals surface area (Å²) in [7, 11) is 1.86. The highest BCUT2D eigenvalue weighted by atomic mass is 35.5. The first kappa shape index (κ1) is 17.7. The lowest BCUT2D eigenvalue weighted by Crippen LogP contribution is -2.09. The summed E-state index contributed by atoms with van der Waals surface area (Å²) in [4.78, 5) is 13.1. The molecular weight excluding hydrogens is 355 g/mol. The largest absolute Gasteiger partial charge is 0.288 e. The predicted octanol–water partition coefficient (Wildman–Crippen LogP) is 5.17. The van der Waals surface area contributed by atoms with Crippen LogP contribution in [0.4, 0.5) is 0 Å². The Balaban J connectivity index is 2.04. The standard InChI is InChI=1S/C20H18Cl2N2O/c1-12-4-6-14(7-5-12)10-18-19(13(2)23-24(18)3)20(25)16-9-8-15(21)11-17(16)22/h4-9,11H,10H2,1-3H3. The van der Waals surface area contributed by atoms with Crippen LogP contribution < -0.4 is 0 Å². The Kier molecular flexibility index (Phi) is 4.98. The molecule has 1 aromatic heterocycles. The molecule has 5 heteroatoms. The number of carbonyl (C=O) groups excluding carboxylic acids is 1. The highest BCUT2D eigenvalue weighted by molar-refractivity contribution is 6.37. The molecular formula is C20H18Cl2N2O. The number of ketones is 1. The average Bonchev–Trinajstić information content (AvgIpc) is 2.83. The van der Waals surface area contributed by atoms with Crippen LogP contribution in [-0.2, 0) is 13.5 Å². The van der Waals surface area contributed by atoms with Crippen molar-refractivity contribution >= 4 is 29.0 Å². The zero-order chi connectivity index (χ0) is 18.1. The van der Waals surface area contributed by atoms with Crippen LogP contribution in [0.15, 0.2) is 42.5 Å². The molecule has 3 aromatic rings. The minimum Gasteiger partial charge on any atom is -0.288 e. The van der Waals surface area contributed by atoms with Gasteiger partial charge in [0.15, 0.2) is 5.78 Å². The molecule has 0 unspecified atom stereocenters. The van der Waals surface area contributed by atoms with Gasteiger partial charge < -0.3 is 0 Å². The van der Waals surface area contributed by atoms with Crippen LogP contribution in [0.1, 0.15) is 38.4 Å². The van der Waals surface area contributed by atoms with E-state index in [0.717, 1.165) is 11.3 Å². The Morgan fingerprint density at radius 2 is 1.76 bits per heavy atom. The van der Waals surface area contributed by atoms with Gasteiger partial charge in [-0.25, -0.2) is 0 Å². The number of aryl methyl sites for hydroxylation is 3. The molecule has 0 aliphatic rings. The van der Waals surface area contributed by atoms with Gasteiger partial charge in [0.1, 0.15) is 0 Å². The Bertz CT molecular complexity index is 943. The topological polar surface area (TPSA) is 34.9 Å². The number of rotatable bonds is 4. The first-order chi connectivity index (χ1) is 11.9. The van der Waals surface area contributed by atoms with Crippen molar-refractivity contribution < 1.29 is 4.79 Å². The molecule has 2 aromatic carbocycles. The van der Waals surface area contributed by atoms with Gasteiger partial charge in [0, 0.05) is 24.1 Å². The Hall–Kier alpha value is -2.10. The van der Waals surface area contributed by atoms with E-state index in [9.17, 15) is 4.79 Å². The fourth-order valence-electron chi connectivity index (χ4n) is 2.91. The third-order valence-electron chi connectivity index (χ3n) is 4.24. The van der Waals surface area contributed by atoms with E-state index in [-0.39, 0.29) is 5.78 Å². The van der Waals surface area contributed by atoms with Gasteiger partial charge in [-0.3, -0.25) is 9.48 Å². The normalized spacial score (nSPS) is 10.9. The molecule has 0 aliphatic heterocycles. The minimum atomic E-state index is -0.130. The number of hydrogen-bond acceptors (Lipinski definition) is 2. The Morgan fingerprint density at radius 3 is 2.40 bits per heavy atom. The Morgan fingerprint density at radius 1 is 1.08 bits per heavy atom. The number of carbonyl (C=O) groups is 1. The monoisotopic (exact) mass is 372 g/mol. The summed E-state index contributed by atoms with van der Waals surface area (Å²) in [5.41, 5.74) is 4.94. The fourth-order valence-corrected chi connectivity index (χ4v) is 3.41. The molecule has 0 fully saturated rings. The fraction of sp³-hybridized carbons (Fsp3) is 0.200. The van der Waals surface area contributed by atoms with E-state index in [0.29, 0.717) is 33.3 Å². The number of nitrogens with zero attached hydrogens (tertiary/aromatic N) is 2. The van der Waals surface area contributed by atoms with Gasteiger partial charge in [0.05, 0.1) is 22.0 Å². The number of hydrogen-bond donors (Lipinski definition) is 0. The molecule has 0 atom stereocenters. The first-order valence-electron chi connectivity index (χ1n) is 7.94. The smallest absolute Gasteiger partial charge is 0.198 e. The van der Waals surface area contributed by atoms with E-state index in [1.165, 1.54) is 5.56 Å². The molecule has 3 rings (SSSR count). The minimum absolute atomic E-state index is 0.130. The molecule has 0 amide bonds. The second kappa shape index (κ2) is 7.03. The molecule has 25 heavy (non-hydrogen) atoms. The number of benzene rings is 2. The second-order valence-corrected chi connectivity index (χ2v) is 6.99. The van der Waals surface area contributed by atoms with Crippen LogP contribution in [0, 0.1) is 13.8 Å². The van der Waals surface area contributed by atoms with Gasteiger partial charge in [-0.2, -0.15) is 5.10 Å². The van der Waals surface area contributed by atoms with Crippen LogP contribution in [0.3, 0.4) is 0 Å². The van der Waals surface area contributed by atoms with Gasteiger partial charge in [0.25, 0.3) is 0 Å². The zero-order valence-corrected chi connectivity index (χ0v) is 15.8. The van der Waals surface area contributed by atoms with Crippen molar-refractivity contribution in [2.75, 3.05) is 0 Å². The quantitative estimate of drug-likeness (QED) is 0.592. The highest BCUT2D eigenvalue weighted by Crippen LogP contribution is 2.27. The third kappa shape index (κ3) is 3.63. The molecule has 1 heterocycles. The average molecular weight is 373 g/mol. The maximum Gasteiger partial charge on any atom is 0.198 e. The van der Waals surface area contributed by atoms with E-state index >= 15 is 0 Å². The SMILES string of the molecule is Cc1ccc(Cc2c(C(=O)c3ccc(Cl)cc3Cl)c(C)nn2C)cc1. The lowest BCUT2D eigenvalue weighted by molar-refractivity contribution is 0.103. The summed E-state index contributed by atoms with van der Waals surface area (Å²) in [6, 6.07) is 13.2. The summed E-state index contributed by atoms with van der Waals surface area (Å²) in [5, 5.41) is 5.30. The molecule has 0 saturated carbocycles. The summed E-state index contributed by atoms with van der Waals surface area (Å²) < 4.78 is 1.77. The van der Waals surface area contributed by atoms with Crippen LogP contribution in [0.25, 0.3) is 0 Å². The predicted molar refractivity (Wildman–Crippen MR) is 102 cm³/mol. The maximum absolute atomic E-state index is 13.1. The highest BCUT2D eigenvalue weighted by Gasteiger charge is 2.23. The van der Waals surface area contributed by atoms with Crippen molar-refractivity contribution in [2.24, 2.45) is 7.05 Å².